The molecule has 13 heavy (non-hydrogen) atoms. The number of hydrogen-bond acceptors (Lipinski definition) is 3. The smallest absolute Gasteiger partial charge is 0.326 e. The zero-order chi connectivity index (χ0) is 9.59. The van der Waals surface area contributed by atoms with E-state index in [0.29, 0.717) is 18.1 Å². The van der Waals surface area contributed by atoms with Crippen LogP contribution in [0.15, 0.2) is 0 Å². The Hall–Kier alpha value is -0.710. The van der Waals surface area contributed by atoms with Crippen LogP contribution in [-0.4, -0.2) is 38.5 Å². The molecule has 3 atom stereocenters. The van der Waals surface area contributed by atoms with Crippen molar-refractivity contribution >= 4 is 23.6 Å². The number of thioether (sulfide) groups is 1. The van der Waals surface area contributed by atoms with E-state index in [9.17, 15) is 9.59 Å². The maximum atomic E-state index is 11.1. The monoisotopic (exact) mass is 201 g/mol. The Bertz CT molecular complexity index is 268. The summed E-state index contributed by atoms with van der Waals surface area (Å²) in [5, 5.41) is 9.36. The number of aliphatic carboxylic acids is 1. The van der Waals surface area contributed by atoms with Crippen LogP contribution in [0, 0.1) is 0 Å². The van der Waals surface area contributed by atoms with E-state index in [2.05, 4.69) is 0 Å². The van der Waals surface area contributed by atoms with E-state index in [0.717, 1.165) is 0 Å². The first-order valence-electron chi connectivity index (χ1n) is 4.29. The van der Waals surface area contributed by atoms with Gasteiger partial charge in [0, 0.05) is 5.25 Å². The standard InChI is InChI=1S/C8H11NO3S/c1-4-2-5(8(11)12)9-6(10)3-7(9)13-4/h4-5,7H,2-3H2,1H3,(H,11,12)/t4?,5?,7-/m1/s1. The molecule has 5 heteroatoms. The fourth-order valence-corrected chi connectivity index (χ4v) is 3.33. The zero-order valence-electron chi connectivity index (χ0n) is 7.27. The maximum absolute atomic E-state index is 11.1. The molecule has 2 heterocycles. The van der Waals surface area contributed by atoms with E-state index in [1.807, 2.05) is 6.92 Å². The molecule has 0 bridgehead atoms. The van der Waals surface area contributed by atoms with E-state index >= 15 is 0 Å². The Kier molecular flexibility index (Phi) is 1.98. The van der Waals surface area contributed by atoms with Crippen molar-refractivity contribution < 1.29 is 14.7 Å². The van der Waals surface area contributed by atoms with E-state index in [-0.39, 0.29) is 11.3 Å². The molecule has 0 aromatic carbocycles. The average molecular weight is 201 g/mol. The highest BCUT2D eigenvalue weighted by atomic mass is 32.2. The third-order valence-electron chi connectivity index (χ3n) is 2.51. The second-order valence-corrected chi connectivity index (χ2v) is 5.12. The number of carboxylic acids is 1. The normalized spacial score (nSPS) is 38.1. The number of carbonyl (C=O) groups is 2. The van der Waals surface area contributed by atoms with Crippen molar-refractivity contribution in [1.29, 1.82) is 0 Å². The lowest BCUT2D eigenvalue weighted by atomic mass is 10.0. The Morgan fingerprint density at radius 1 is 1.69 bits per heavy atom. The summed E-state index contributed by atoms with van der Waals surface area (Å²) in [6.45, 7) is 2.01. The van der Waals surface area contributed by atoms with Gasteiger partial charge in [0.05, 0.1) is 11.8 Å². The number of hydrogen-bond donors (Lipinski definition) is 1. The minimum Gasteiger partial charge on any atom is -0.480 e. The molecule has 1 N–H and O–H groups in total. The lowest BCUT2D eigenvalue weighted by Gasteiger charge is -2.48. The summed E-state index contributed by atoms with van der Waals surface area (Å²) in [5.41, 5.74) is 0. The van der Waals surface area contributed by atoms with Crippen molar-refractivity contribution in [3.63, 3.8) is 0 Å². The Balaban J connectivity index is 2.15. The largest absolute Gasteiger partial charge is 0.480 e. The van der Waals surface area contributed by atoms with Crippen LogP contribution in [0.2, 0.25) is 0 Å². The SMILES string of the molecule is CC1CC(C(=O)O)N2C(=O)C[C@H]2S1. The van der Waals surface area contributed by atoms with Crippen LogP contribution >= 0.6 is 11.8 Å². The molecule has 0 spiro atoms. The van der Waals surface area contributed by atoms with Crippen LogP contribution in [-0.2, 0) is 9.59 Å². The third-order valence-corrected chi connectivity index (χ3v) is 3.88. The number of amides is 1. The van der Waals surface area contributed by atoms with Gasteiger partial charge in [-0.1, -0.05) is 6.92 Å². The maximum Gasteiger partial charge on any atom is 0.326 e. The molecule has 2 aliphatic heterocycles. The van der Waals surface area contributed by atoms with Crippen LogP contribution in [0.1, 0.15) is 19.8 Å². The summed E-state index contributed by atoms with van der Waals surface area (Å²) in [6, 6.07) is -0.581. The average Bonchev–Trinajstić information content (AvgIpc) is 2.01. The first kappa shape index (κ1) is 8.87. The number of nitrogens with zero attached hydrogens (tertiary/aromatic N) is 1. The highest BCUT2D eigenvalue weighted by molar-refractivity contribution is 8.00. The number of fused-ring (bicyclic) bond motifs is 1. The number of carboxylic acid groups (broad SMARTS) is 1. The van der Waals surface area contributed by atoms with Crippen LogP contribution in [0.5, 0.6) is 0 Å². The molecule has 4 nitrogen and oxygen atoms in total. The van der Waals surface area contributed by atoms with Crippen molar-refractivity contribution in [3.05, 3.63) is 0 Å². The van der Waals surface area contributed by atoms with Crippen molar-refractivity contribution in [3.8, 4) is 0 Å². The molecule has 1 amide bonds. The predicted octanol–water partition coefficient (Wildman–Crippen LogP) is 0.523. The first-order chi connectivity index (χ1) is 6.09. The molecule has 2 aliphatic rings. The molecular weight excluding hydrogens is 190 g/mol. The van der Waals surface area contributed by atoms with Gasteiger partial charge in [-0.25, -0.2) is 4.79 Å². The molecule has 2 fully saturated rings. The summed E-state index contributed by atoms with van der Waals surface area (Å²) < 4.78 is 0. The highest BCUT2D eigenvalue weighted by Gasteiger charge is 2.48. The lowest BCUT2D eigenvalue weighted by molar-refractivity contribution is -0.158. The molecule has 2 unspecified atom stereocenters. The quantitative estimate of drug-likeness (QED) is 0.628. The van der Waals surface area contributed by atoms with Gasteiger partial charge in [-0.05, 0) is 6.42 Å². The highest BCUT2D eigenvalue weighted by Crippen LogP contribution is 2.41. The molecule has 2 rings (SSSR count). The first-order valence-corrected chi connectivity index (χ1v) is 5.23. The van der Waals surface area contributed by atoms with Crippen molar-refractivity contribution in [2.45, 2.75) is 36.4 Å². The van der Waals surface area contributed by atoms with E-state index in [1.54, 1.807) is 11.8 Å². The summed E-state index contributed by atoms with van der Waals surface area (Å²) in [7, 11) is 0. The summed E-state index contributed by atoms with van der Waals surface area (Å²) in [5.74, 6) is -0.887. The fourth-order valence-electron chi connectivity index (χ4n) is 1.86. The minimum absolute atomic E-state index is 0.0169. The molecule has 2 saturated heterocycles. The van der Waals surface area contributed by atoms with Crippen LogP contribution < -0.4 is 0 Å². The Morgan fingerprint density at radius 3 is 2.92 bits per heavy atom. The molecule has 0 aromatic rings. The van der Waals surface area contributed by atoms with Gasteiger partial charge in [0.2, 0.25) is 5.91 Å². The fraction of sp³-hybridized carbons (Fsp3) is 0.750. The minimum atomic E-state index is -0.870. The summed E-state index contributed by atoms with van der Waals surface area (Å²) in [4.78, 5) is 23.5. The van der Waals surface area contributed by atoms with Crippen LogP contribution in [0.25, 0.3) is 0 Å². The lowest BCUT2D eigenvalue weighted by Crippen LogP contribution is -2.61. The van der Waals surface area contributed by atoms with Crippen LogP contribution in [0.3, 0.4) is 0 Å². The van der Waals surface area contributed by atoms with Crippen molar-refractivity contribution in [1.82, 2.24) is 4.90 Å². The van der Waals surface area contributed by atoms with E-state index in [4.69, 9.17) is 5.11 Å². The Labute approximate surface area is 80.3 Å². The topological polar surface area (TPSA) is 57.6 Å². The summed E-state index contributed by atoms with van der Waals surface area (Å²) in [6.07, 6.45) is 1.08. The van der Waals surface area contributed by atoms with Crippen molar-refractivity contribution in [2.24, 2.45) is 0 Å². The van der Waals surface area contributed by atoms with Gasteiger partial charge in [0.1, 0.15) is 6.04 Å². The van der Waals surface area contributed by atoms with Crippen molar-refractivity contribution in [2.75, 3.05) is 0 Å². The molecular formula is C8H11NO3S. The summed E-state index contributed by atoms with van der Waals surface area (Å²) >= 11 is 1.70. The number of carbonyl (C=O) groups excluding carboxylic acids is 1. The molecule has 72 valence electrons. The van der Waals surface area contributed by atoms with Gasteiger partial charge in [-0.2, -0.15) is 0 Å². The van der Waals surface area contributed by atoms with Gasteiger partial charge in [0.15, 0.2) is 0 Å². The predicted molar refractivity (Wildman–Crippen MR) is 48.3 cm³/mol. The van der Waals surface area contributed by atoms with Gasteiger partial charge >= 0.3 is 5.97 Å². The van der Waals surface area contributed by atoms with Gasteiger partial charge < -0.3 is 10.0 Å². The Morgan fingerprint density at radius 2 is 2.38 bits per heavy atom. The van der Waals surface area contributed by atoms with Gasteiger partial charge in [-0.15, -0.1) is 11.8 Å². The van der Waals surface area contributed by atoms with Gasteiger partial charge in [-0.3, -0.25) is 4.79 Å². The second kappa shape index (κ2) is 2.90. The number of rotatable bonds is 1. The van der Waals surface area contributed by atoms with E-state index < -0.39 is 12.0 Å². The molecule has 0 saturated carbocycles. The van der Waals surface area contributed by atoms with Gasteiger partial charge in [0.25, 0.3) is 0 Å². The van der Waals surface area contributed by atoms with E-state index in [1.165, 1.54) is 4.90 Å². The zero-order valence-corrected chi connectivity index (χ0v) is 8.08. The molecule has 0 aromatic heterocycles. The molecule has 0 aliphatic carbocycles. The second-order valence-electron chi connectivity index (χ2n) is 3.50. The number of β-lactam (4-membered cyclic amide) rings is 1. The van der Waals surface area contributed by atoms with Crippen LogP contribution in [0.4, 0.5) is 0 Å². The molecule has 0 radical (unpaired) electrons. The third kappa shape index (κ3) is 1.31.